The Kier molecular flexibility index (Phi) is 6.38. The van der Waals surface area contributed by atoms with E-state index in [9.17, 15) is 4.79 Å². The number of fused-ring (bicyclic) bond motifs is 1. The molecule has 156 valence electrons. The maximum Gasteiger partial charge on any atom is 0.258 e. The van der Waals surface area contributed by atoms with Gasteiger partial charge in [-0.2, -0.15) is 0 Å². The Balaban J connectivity index is 1.57. The van der Waals surface area contributed by atoms with E-state index in [1.54, 1.807) is 6.26 Å². The van der Waals surface area contributed by atoms with Crippen molar-refractivity contribution in [2.45, 2.75) is 45.3 Å². The molecule has 1 N–H and O–H groups in total. The molecule has 2 heterocycles. The van der Waals surface area contributed by atoms with E-state index < -0.39 is 0 Å². The van der Waals surface area contributed by atoms with Gasteiger partial charge < -0.3 is 19.4 Å². The lowest BCUT2D eigenvalue weighted by Gasteiger charge is -2.37. The average molecular weight is 405 g/mol. The molecular formula is C25H28N2O3. The summed E-state index contributed by atoms with van der Waals surface area (Å²) in [5.74, 6) is 1.56. The number of rotatable bonds is 9. The third-order valence-corrected chi connectivity index (χ3v) is 5.37. The minimum absolute atomic E-state index is 0.0170. The van der Waals surface area contributed by atoms with Crippen LogP contribution in [0, 0.1) is 0 Å². The van der Waals surface area contributed by atoms with Crippen molar-refractivity contribution in [1.29, 1.82) is 0 Å². The lowest BCUT2D eigenvalue weighted by Crippen LogP contribution is -2.42. The molecule has 2 aromatic carbocycles. The van der Waals surface area contributed by atoms with Crippen LogP contribution < -0.4 is 10.1 Å². The normalized spacial score (nSPS) is 15.6. The molecule has 0 fully saturated rings. The maximum absolute atomic E-state index is 13.3. The molecule has 0 saturated heterocycles. The van der Waals surface area contributed by atoms with Gasteiger partial charge in [0, 0.05) is 5.69 Å². The van der Waals surface area contributed by atoms with Crippen molar-refractivity contribution < 1.29 is 13.9 Å². The second-order valence-corrected chi connectivity index (χ2v) is 7.59. The van der Waals surface area contributed by atoms with Crippen LogP contribution in [-0.4, -0.2) is 17.4 Å². The minimum Gasteiger partial charge on any atom is -0.494 e. The third kappa shape index (κ3) is 4.51. The third-order valence-electron chi connectivity index (χ3n) is 5.37. The van der Waals surface area contributed by atoms with Gasteiger partial charge in [-0.25, -0.2) is 0 Å². The number of nitrogens with one attached hydrogen (secondary N) is 1. The summed E-state index contributed by atoms with van der Waals surface area (Å²) in [6.07, 6.45) is 6.01. The zero-order valence-corrected chi connectivity index (χ0v) is 17.3. The number of para-hydroxylation sites is 1. The second kappa shape index (κ2) is 9.53. The van der Waals surface area contributed by atoms with Gasteiger partial charge in [0.2, 0.25) is 0 Å². The monoisotopic (exact) mass is 404 g/mol. The van der Waals surface area contributed by atoms with E-state index in [4.69, 9.17) is 9.15 Å². The van der Waals surface area contributed by atoms with Gasteiger partial charge in [-0.15, -0.1) is 0 Å². The van der Waals surface area contributed by atoms with Gasteiger partial charge in [0.05, 0.1) is 25.0 Å². The first-order chi connectivity index (χ1) is 14.8. The van der Waals surface area contributed by atoms with Crippen LogP contribution in [0.5, 0.6) is 5.75 Å². The summed E-state index contributed by atoms with van der Waals surface area (Å²) < 4.78 is 11.5. The summed E-state index contributed by atoms with van der Waals surface area (Å²) in [6, 6.07) is 19.3. The number of hydrogen-bond donors (Lipinski definition) is 1. The van der Waals surface area contributed by atoms with E-state index in [2.05, 4.69) is 12.2 Å². The fourth-order valence-corrected chi connectivity index (χ4v) is 3.78. The number of nitrogens with zero attached hydrogens (tertiary/aromatic N) is 1. The van der Waals surface area contributed by atoms with Crippen LogP contribution >= 0.6 is 0 Å². The molecular weight excluding hydrogens is 376 g/mol. The molecule has 1 atom stereocenters. The Morgan fingerprint density at radius 3 is 2.77 bits per heavy atom. The van der Waals surface area contributed by atoms with Crippen molar-refractivity contribution in [3.63, 3.8) is 0 Å². The number of benzene rings is 2. The predicted octanol–water partition coefficient (Wildman–Crippen LogP) is 6.01. The van der Waals surface area contributed by atoms with Gasteiger partial charge in [-0.05, 0) is 48.4 Å². The molecule has 1 aromatic heterocycles. The SMILES string of the molecule is CCCCCCOc1cccc(C2Nc3ccccc3C(=O)N2Cc2ccco2)c1. The van der Waals surface area contributed by atoms with Crippen molar-refractivity contribution in [2.75, 3.05) is 11.9 Å². The van der Waals surface area contributed by atoms with Gasteiger partial charge in [0.15, 0.2) is 0 Å². The molecule has 30 heavy (non-hydrogen) atoms. The van der Waals surface area contributed by atoms with Gasteiger partial charge in [0.25, 0.3) is 5.91 Å². The highest BCUT2D eigenvalue weighted by Crippen LogP contribution is 2.35. The number of anilines is 1. The highest BCUT2D eigenvalue weighted by atomic mass is 16.5. The van der Waals surface area contributed by atoms with Crippen LogP contribution in [0.25, 0.3) is 0 Å². The highest BCUT2D eigenvalue weighted by molar-refractivity contribution is 6.01. The number of carbonyl (C=O) groups is 1. The van der Waals surface area contributed by atoms with Crippen LogP contribution in [0.1, 0.15) is 60.5 Å². The number of amides is 1. The van der Waals surface area contributed by atoms with Crippen molar-refractivity contribution in [1.82, 2.24) is 4.90 Å². The van der Waals surface area contributed by atoms with E-state index in [1.807, 2.05) is 65.6 Å². The zero-order valence-electron chi connectivity index (χ0n) is 17.3. The number of ether oxygens (including phenoxy) is 1. The number of carbonyl (C=O) groups excluding carboxylic acids is 1. The van der Waals surface area contributed by atoms with E-state index in [-0.39, 0.29) is 12.1 Å². The van der Waals surface area contributed by atoms with Crippen molar-refractivity contribution in [3.8, 4) is 5.75 Å². The maximum atomic E-state index is 13.3. The zero-order chi connectivity index (χ0) is 20.8. The fourth-order valence-electron chi connectivity index (χ4n) is 3.78. The van der Waals surface area contributed by atoms with E-state index in [0.29, 0.717) is 18.7 Å². The van der Waals surface area contributed by atoms with Crippen molar-refractivity contribution in [3.05, 3.63) is 83.8 Å². The van der Waals surface area contributed by atoms with Gasteiger partial charge in [-0.1, -0.05) is 50.5 Å². The molecule has 0 spiro atoms. The van der Waals surface area contributed by atoms with Crippen LogP contribution in [0.4, 0.5) is 5.69 Å². The first-order valence-corrected chi connectivity index (χ1v) is 10.7. The topological polar surface area (TPSA) is 54.7 Å². The standard InChI is InChI=1S/C25H28N2O3/c1-2-3-4-7-15-29-20-11-8-10-19(17-20)24-26-23-14-6-5-13-22(23)25(28)27(24)18-21-12-9-16-30-21/h5-6,8-14,16-17,24,26H,2-4,7,15,18H2,1H3. The molecule has 1 amide bonds. The van der Waals surface area contributed by atoms with Crippen LogP contribution in [0.15, 0.2) is 71.3 Å². The Hall–Kier alpha value is -3.21. The number of furan rings is 1. The molecule has 3 aromatic rings. The lowest BCUT2D eigenvalue weighted by molar-refractivity contribution is 0.0651. The predicted molar refractivity (Wildman–Crippen MR) is 117 cm³/mol. The molecule has 0 aliphatic carbocycles. The molecule has 1 aliphatic heterocycles. The Labute approximate surface area is 177 Å². The van der Waals surface area contributed by atoms with Crippen LogP contribution in [0.2, 0.25) is 0 Å². The molecule has 0 bridgehead atoms. The molecule has 5 nitrogen and oxygen atoms in total. The molecule has 4 rings (SSSR count). The number of unbranched alkanes of at least 4 members (excludes halogenated alkanes) is 3. The summed E-state index contributed by atoms with van der Waals surface area (Å²) in [4.78, 5) is 15.1. The van der Waals surface area contributed by atoms with Gasteiger partial charge in [-0.3, -0.25) is 4.79 Å². The molecule has 0 saturated carbocycles. The Morgan fingerprint density at radius 1 is 1.03 bits per heavy atom. The Bertz CT molecular complexity index is 968. The molecule has 1 aliphatic rings. The fraction of sp³-hybridized carbons (Fsp3) is 0.320. The van der Waals surface area contributed by atoms with E-state index in [0.717, 1.165) is 29.2 Å². The molecule has 5 heteroatoms. The highest BCUT2D eigenvalue weighted by Gasteiger charge is 2.33. The summed E-state index contributed by atoms with van der Waals surface area (Å²) in [5, 5.41) is 3.53. The summed E-state index contributed by atoms with van der Waals surface area (Å²) in [7, 11) is 0. The van der Waals surface area contributed by atoms with E-state index >= 15 is 0 Å². The smallest absolute Gasteiger partial charge is 0.258 e. The van der Waals surface area contributed by atoms with Gasteiger partial charge >= 0.3 is 0 Å². The van der Waals surface area contributed by atoms with Crippen LogP contribution in [0.3, 0.4) is 0 Å². The minimum atomic E-state index is -0.304. The Morgan fingerprint density at radius 2 is 1.93 bits per heavy atom. The summed E-state index contributed by atoms with van der Waals surface area (Å²) >= 11 is 0. The first-order valence-electron chi connectivity index (χ1n) is 10.7. The quantitative estimate of drug-likeness (QED) is 0.444. The average Bonchev–Trinajstić information content (AvgIpc) is 3.29. The molecule has 0 radical (unpaired) electrons. The van der Waals surface area contributed by atoms with Crippen molar-refractivity contribution >= 4 is 11.6 Å². The second-order valence-electron chi connectivity index (χ2n) is 7.59. The van der Waals surface area contributed by atoms with Gasteiger partial charge in [0.1, 0.15) is 17.7 Å². The summed E-state index contributed by atoms with van der Waals surface area (Å²) in [5.41, 5.74) is 2.49. The first kappa shape index (κ1) is 20.1. The lowest BCUT2D eigenvalue weighted by atomic mass is 10.0. The van der Waals surface area contributed by atoms with Crippen molar-refractivity contribution in [2.24, 2.45) is 0 Å². The van der Waals surface area contributed by atoms with E-state index in [1.165, 1.54) is 19.3 Å². The number of hydrogen-bond acceptors (Lipinski definition) is 4. The largest absolute Gasteiger partial charge is 0.494 e. The van der Waals surface area contributed by atoms with Crippen LogP contribution in [-0.2, 0) is 6.54 Å². The molecule has 1 unspecified atom stereocenters. The summed E-state index contributed by atoms with van der Waals surface area (Å²) in [6.45, 7) is 3.30.